The summed E-state index contributed by atoms with van der Waals surface area (Å²) in [4.78, 5) is 22.6. The zero-order valence-corrected chi connectivity index (χ0v) is 8.71. The van der Waals surface area contributed by atoms with E-state index in [0.29, 0.717) is 0 Å². The van der Waals surface area contributed by atoms with E-state index in [-0.39, 0.29) is 0 Å². The summed E-state index contributed by atoms with van der Waals surface area (Å²) in [6.45, 7) is 1.31. The van der Waals surface area contributed by atoms with Gasteiger partial charge in [-0.15, -0.1) is 0 Å². The molecule has 7 nitrogen and oxygen atoms in total. The normalized spacial score (nSPS) is 19.3. The Kier molecular flexibility index (Phi) is 4.20. The number of aliphatic hydroxyl groups is 2. The fraction of sp³-hybridized carbons (Fsp3) is 0.750. The van der Waals surface area contributed by atoms with Crippen molar-refractivity contribution < 1.29 is 30.0 Å². The maximum absolute atomic E-state index is 10.8. The number of likely N-dealkylation sites (N-methyl/N-ethyl adjacent to an activating group) is 1. The summed E-state index contributed by atoms with van der Waals surface area (Å²) in [7, 11) is 2.93. The number of hydrogen-bond acceptors (Lipinski definition) is 5. The molecular formula is C8H15NO6. The highest BCUT2D eigenvalue weighted by Crippen LogP contribution is 2.20. The first-order valence-electron chi connectivity index (χ1n) is 4.18. The summed E-state index contributed by atoms with van der Waals surface area (Å²) >= 11 is 0. The second kappa shape index (κ2) is 4.56. The molecule has 3 atom stereocenters. The molecule has 0 saturated heterocycles. The van der Waals surface area contributed by atoms with E-state index in [0.717, 1.165) is 0 Å². The summed E-state index contributed by atoms with van der Waals surface area (Å²) < 4.78 is 0. The van der Waals surface area contributed by atoms with Gasteiger partial charge in [-0.2, -0.15) is 0 Å². The molecule has 0 amide bonds. The van der Waals surface area contributed by atoms with E-state index in [9.17, 15) is 19.8 Å². The largest absolute Gasteiger partial charge is 0.479 e. The number of aliphatic carboxylic acids is 2. The van der Waals surface area contributed by atoms with Gasteiger partial charge in [-0.25, -0.2) is 9.59 Å². The van der Waals surface area contributed by atoms with Crippen LogP contribution in [-0.4, -0.2) is 69.1 Å². The van der Waals surface area contributed by atoms with Crippen LogP contribution in [0.3, 0.4) is 0 Å². The lowest BCUT2D eigenvalue weighted by Crippen LogP contribution is -2.63. The molecule has 0 saturated carbocycles. The zero-order chi connectivity index (χ0) is 12.4. The van der Waals surface area contributed by atoms with E-state index in [1.807, 2.05) is 0 Å². The van der Waals surface area contributed by atoms with Crippen LogP contribution in [0, 0.1) is 0 Å². The number of carboxylic acid groups (broad SMARTS) is 2. The summed E-state index contributed by atoms with van der Waals surface area (Å²) in [5, 5.41) is 36.1. The molecule has 0 aliphatic rings. The smallest absolute Gasteiger partial charge is 0.340 e. The average Bonchev–Trinajstić information content (AvgIpc) is 2.13. The molecule has 7 heteroatoms. The van der Waals surface area contributed by atoms with Crippen molar-refractivity contribution in [3.05, 3.63) is 0 Å². The second-order valence-electron chi connectivity index (χ2n) is 3.51. The first-order valence-corrected chi connectivity index (χ1v) is 4.18. The van der Waals surface area contributed by atoms with Crippen molar-refractivity contribution in [3.8, 4) is 0 Å². The second-order valence-corrected chi connectivity index (χ2v) is 3.51. The summed E-state index contributed by atoms with van der Waals surface area (Å²) in [5.74, 6) is -3.56. The van der Waals surface area contributed by atoms with E-state index >= 15 is 0 Å². The van der Waals surface area contributed by atoms with Crippen LogP contribution in [0.5, 0.6) is 0 Å². The molecular weight excluding hydrogens is 206 g/mol. The minimum atomic E-state index is -2.74. The predicted octanol–water partition coefficient (Wildman–Crippen LogP) is -1.80. The Bertz CT molecular complexity index is 266. The molecule has 88 valence electrons. The molecule has 15 heavy (non-hydrogen) atoms. The Morgan fingerprint density at radius 2 is 1.67 bits per heavy atom. The van der Waals surface area contributed by atoms with Crippen LogP contribution in [0.25, 0.3) is 0 Å². The van der Waals surface area contributed by atoms with E-state index in [4.69, 9.17) is 10.2 Å². The third-order valence-corrected chi connectivity index (χ3v) is 2.40. The van der Waals surface area contributed by atoms with Crippen molar-refractivity contribution in [1.29, 1.82) is 0 Å². The molecule has 2 unspecified atom stereocenters. The van der Waals surface area contributed by atoms with Crippen LogP contribution >= 0.6 is 0 Å². The van der Waals surface area contributed by atoms with Gasteiger partial charge in [0, 0.05) is 6.04 Å². The van der Waals surface area contributed by atoms with Crippen molar-refractivity contribution in [2.45, 2.75) is 24.7 Å². The number of aliphatic hydroxyl groups excluding tert-OH is 1. The molecule has 0 aliphatic carbocycles. The maximum Gasteiger partial charge on any atom is 0.340 e. The van der Waals surface area contributed by atoms with Crippen LogP contribution in [0.15, 0.2) is 0 Å². The van der Waals surface area contributed by atoms with Crippen molar-refractivity contribution in [1.82, 2.24) is 4.90 Å². The van der Waals surface area contributed by atoms with Crippen molar-refractivity contribution in [3.63, 3.8) is 0 Å². The maximum atomic E-state index is 10.8. The van der Waals surface area contributed by atoms with Gasteiger partial charge in [-0.3, -0.25) is 0 Å². The highest BCUT2D eigenvalue weighted by molar-refractivity contribution is 5.87. The van der Waals surface area contributed by atoms with Crippen molar-refractivity contribution in [2.24, 2.45) is 0 Å². The standard InChI is InChI=1S/C8H15NO6/c1-4(9(2)3)8(15,7(13)14)5(10)6(11)12/h4-5,10,15H,1-3H3,(H,11,12)(H,13,14)/t4?,5-,8?/m1/s1. The topological polar surface area (TPSA) is 118 Å². The van der Waals surface area contributed by atoms with Crippen LogP contribution in [-0.2, 0) is 9.59 Å². The Hall–Kier alpha value is -1.18. The van der Waals surface area contributed by atoms with Gasteiger partial charge in [-0.05, 0) is 21.0 Å². The van der Waals surface area contributed by atoms with Crippen LogP contribution in [0.2, 0.25) is 0 Å². The molecule has 0 heterocycles. The molecule has 0 bridgehead atoms. The Morgan fingerprint density at radius 1 is 1.27 bits per heavy atom. The van der Waals surface area contributed by atoms with Gasteiger partial charge in [-0.1, -0.05) is 0 Å². The molecule has 0 rings (SSSR count). The van der Waals surface area contributed by atoms with Crippen LogP contribution < -0.4 is 0 Å². The average molecular weight is 221 g/mol. The van der Waals surface area contributed by atoms with Gasteiger partial charge in [0.15, 0.2) is 6.10 Å². The van der Waals surface area contributed by atoms with E-state index in [2.05, 4.69) is 0 Å². The quantitative estimate of drug-likeness (QED) is 0.432. The van der Waals surface area contributed by atoms with Gasteiger partial charge in [0.1, 0.15) is 0 Å². The van der Waals surface area contributed by atoms with E-state index in [1.165, 1.54) is 25.9 Å². The Balaban J connectivity index is 5.24. The highest BCUT2D eigenvalue weighted by Gasteiger charge is 2.52. The van der Waals surface area contributed by atoms with E-state index in [1.54, 1.807) is 0 Å². The molecule has 4 N–H and O–H groups in total. The van der Waals surface area contributed by atoms with Crippen molar-refractivity contribution in [2.75, 3.05) is 14.1 Å². The SMILES string of the molecule is CC(N(C)C)C(O)(C(=O)O)[C@H](O)C(=O)O. The van der Waals surface area contributed by atoms with Crippen LogP contribution in [0.4, 0.5) is 0 Å². The Morgan fingerprint density at radius 3 is 1.87 bits per heavy atom. The molecule has 0 aromatic heterocycles. The Labute approximate surface area is 86.6 Å². The highest BCUT2D eigenvalue weighted by atomic mass is 16.4. The minimum Gasteiger partial charge on any atom is -0.479 e. The molecule has 0 aromatic rings. The fourth-order valence-corrected chi connectivity index (χ4v) is 1.11. The van der Waals surface area contributed by atoms with Gasteiger partial charge >= 0.3 is 11.9 Å². The predicted molar refractivity (Wildman–Crippen MR) is 49.4 cm³/mol. The molecule has 0 aromatic carbocycles. The van der Waals surface area contributed by atoms with Gasteiger partial charge < -0.3 is 25.3 Å². The minimum absolute atomic E-state index is 1.05. The van der Waals surface area contributed by atoms with Crippen LogP contribution in [0.1, 0.15) is 6.92 Å². The van der Waals surface area contributed by atoms with Gasteiger partial charge in [0.2, 0.25) is 5.60 Å². The van der Waals surface area contributed by atoms with Gasteiger partial charge in [0.25, 0.3) is 0 Å². The fourth-order valence-electron chi connectivity index (χ4n) is 1.11. The molecule has 0 fully saturated rings. The number of rotatable bonds is 5. The monoisotopic (exact) mass is 221 g/mol. The number of carbonyl (C=O) groups is 2. The van der Waals surface area contributed by atoms with Crippen molar-refractivity contribution >= 4 is 11.9 Å². The van der Waals surface area contributed by atoms with Gasteiger partial charge in [0.05, 0.1) is 0 Å². The number of nitrogens with zero attached hydrogens (tertiary/aromatic N) is 1. The molecule has 0 spiro atoms. The summed E-state index contributed by atoms with van der Waals surface area (Å²) in [6, 6.07) is -1.05. The molecule has 0 aliphatic heterocycles. The third-order valence-electron chi connectivity index (χ3n) is 2.40. The lowest BCUT2D eigenvalue weighted by atomic mass is 9.88. The molecule has 0 radical (unpaired) electrons. The lowest BCUT2D eigenvalue weighted by Gasteiger charge is -2.35. The summed E-state index contributed by atoms with van der Waals surface area (Å²) in [6.07, 6.45) is -2.38. The first kappa shape index (κ1) is 13.8. The number of carboxylic acids is 2. The lowest BCUT2D eigenvalue weighted by molar-refractivity contribution is -0.191. The third kappa shape index (κ3) is 2.44. The van der Waals surface area contributed by atoms with E-state index < -0.39 is 29.7 Å². The number of hydrogen-bond donors (Lipinski definition) is 4. The zero-order valence-electron chi connectivity index (χ0n) is 8.71. The summed E-state index contributed by atoms with van der Waals surface area (Å²) in [5.41, 5.74) is -2.74. The first-order chi connectivity index (χ1) is 6.65.